The lowest BCUT2D eigenvalue weighted by atomic mass is 9.95. The summed E-state index contributed by atoms with van der Waals surface area (Å²) in [5.41, 5.74) is 1.85. The molecule has 0 spiro atoms. The lowest BCUT2D eigenvalue weighted by Crippen LogP contribution is -2.45. The van der Waals surface area contributed by atoms with Crippen molar-refractivity contribution in [1.29, 1.82) is 0 Å². The molecule has 0 amide bonds. The van der Waals surface area contributed by atoms with Crippen molar-refractivity contribution in [3.8, 4) is 0 Å². The molecule has 4 nitrogen and oxygen atoms in total. The molecule has 122 valence electrons. The molecule has 1 aliphatic heterocycles. The first-order valence-electron chi connectivity index (χ1n) is 7.81. The molecule has 0 bridgehead atoms. The smallest absolute Gasteiger partial charge is 0.243 e. The van der Waals surface area contributed by atoms with Crippen molar-refractivity contribution in [2.75, 3.05) is 6.54 Å². The molecule has 3 rings (SSSR count). The van der Waals surface area contributed by atoms with Crippen LogP contribution in [0.15, 0.2) is 59.5 Å². The Bertz CT molecular complexity index is 757. The van der Waals surface area contributed by atoms with Crippen LogP contribution >= 0.6 is 0 Å². The van der Waals surface area contributed by atoms with E-state index in [0.717, 1.165) is 11.1 Å². The van der Waals surface area contributed by atoms with Crippen molar-refractivity contribution in [1.82, 2.24) is 4.31 Å². The zero-order valence-corrected chi connectivity index (χ0v) is 13.9. The fraction of sp³-hybridized carbons (Fsp3) is 0.333. The van der Waals surface area contributed by atoms with Gasteiger partial charge in [0.25, 0.3) is 0 Å². The minimum absolute atomic E-state index is 0.276. The highest BCUT2D eigenvalue weighted by Crippen LogP contribution is 2.35. The van der Waals surface area contributed by atoms with Crippen molar-refractivity contribution in [2.45, 2.75) is 36.8 Å². The predicted molar refractivity (Wildman–Crippen MR) is 89.5 cm³/mol. The average molecular weight is 331 g/mol. The minimum atomic E-state index is -3.64. The maximum atomic E-state index is 13.0. The van der Waals surface area contributed by atoms with Crippen LogP contribution in [0.1, 0.15) is 30.0 Å². The molecule has 1 fully saturated rings. The molecule has 2 aromatic rings. The molecule has 2 atom stereocenters. The van der Waals surface area contributed by atoms with E-state index in [4.69, 9.17) is 0 Å². The Morgan fingerprint density at radius 3 is 2.35 bits per heavy atom. The summed E-state index contributed by atoms with van der Waals surface area (Å²) in [5, 5.41) is 10.4. The summed E-state index contributed by atoms with van der Waals surface area (Å²) in [5.74, 6) is 0. The van der Waals surface area contributed by atoms with Gasteiger partial charge in [-0.2, -0.15) is 4.31 Å². The number of nitrogens with zero attached hydrogens (tertiary/aromatic N) is 1. The van der Waals surface area contributed by atoms with Gasteiger partial charge in [0.05, 0.1) is 17.0 Å². The lowest BCUT2D eigenvalue weighted by molar-refractivity contribution is 0.0520. The highest BCUT2D eigenvalue weighted by atomic mass is 32.2. The maximum Gasteiger partial charge on any atom is 0.243 e. The second-order valence-electron chi connectivity index (χ2n) is 5.99. The Hall–Kier alpha value is -1.69. The van der Waals surface area contributed by atoms with Gasteiger partial charge in [0.15, 0.2) is 0 Å². The minimum Gasteiger partial charge on any atom is -0.391 e. The van der Waals surface area contributed by atoms with E-state index < -0.39 is 22.2 Å². The third-order valence-electron chi connectivity index (χ3n) is 4.32. The number of hydrogen-bond acceptors (Lipinski definition) is 3. The normalized spacial score (nSPS) is 22.9. The van der Waals surface area contributed by atoms with Gasteiger partial charge in [-0.1, -0.05) is 48.0 Å². The molecule has 5 heteroatoms. The number of piperidine rings is 1. The highest BCUT2D eigenvalue weighted by molar-refractivity contribution is 7.89. The summed E-state index contributed by atoms with van der Waals surface area (Å²) in [4.78, 5) is 0.276. The SMILES string of the molecule is Cc1ccc(S(=O)(=O)N2CCC[C@@H](O)[C@H]2c2ccccc2)cc1. The summed E-state index contributed by atoms with van der Waals surface area (Å²) < 4.78 is 27.5. The summed E-state index contributed by atoms with van der Waals surface area (Å²) in [6, 6.07) is 15.7. The van der Waals surface area contributed by atoms with Gasteiger partial charge < -0.3 is 5.11 Å². The van der Waals surface area contributed by atoms with Crippen LogP contribution in [0.2, 0.25) is 0 Å². The van der Waals surface area contributed by atoms with Crippen LogP contribution in [0.25, 0.3) is 0 Å². The van der Waals surface area contributed by atoms with Crippen molar-refractivity contribution in [3.05, 3.63) is 65.7 Å². The van der Waals surface area contributed by atoms with E-state index in [2.05, 4.69) is 0 Å². The van der Waals surface area contributed by atoms with Crippen LogP contribution in [0, 0.1) is 6.92 Å². The largest absolute Gasteiger partial charge is 0.391 e. The van der Waals surface area contributed by atoms with Crippen LogP contribution in [-0.4, -0.2) is 30.5 Å². The molecule has 1 saturated heterocycles. The maximum absolute atomic E-state index is 13.0. The monoisotopic (exact) mass is 331 g/mol. The zero-order valence-electron chi connectivity index (χ0n) is 13.1. The van der Waals surface area contributed by atoms with Crippen LogP contribution in [0.3, 0.4) is 0 Å². The first-order valence-corrected chi connectivity index (χ1v) is 9.26. The van der Waals surface area contributed by atoms with Gasteiger partial charge in [0, 0.05) is 6.54 Å². The van der Waals surface area contributed by atoms with Crippen LogP contribution in [0.4, 0.5) is 0 Å². The second-order valence-corrected chi connectivity index (χ2v) is 7.88. The molecule has 1 heterocycles. The molecule has 1 aliphatic rings. The Morgan fingerprint density at radius 1 is 1.04 bits per heavy atom. The van der Waals surface area contributed by atoms with Crippen LogP contribution in [0.5, 0.6) is 0 Å². The number of hydrogen-bond donors (Lipinski definition) is 1. The van der Waals surface area contributed by atoms with Gasteiger partial charge in [0.2, 0.25) is 10.0 Å². The van der Waals surface area contributed by atoms with Crippen molar-refractivity contribution in [3.63, 3.8) is 0 Å². The number of aliphatic hydroxyl groups is 1. The van der Waals surface area contributed by atoms with E-state index in [1.54, 1.807) is 24.3 Å². The van der Waals surface area contributed by atoms with Crippen molar-refractivity contribution in [2.24, 2.45) is 0 Å². The van der Waals surface area contributed by atoms with E-state index in [9.17, 15) is 13.5 Å². The molecule has 0 radical (unpaired) electrons. The Balaban J connectivity index is 2.02. The highest BCUT2D eigenvalue weighted by Gasteiger charge is 2.39. The standard InChI is InChI=1S/C18H21NO3S/c1-14-9-11-16(12-10-14)23(21,22)19-13-5-8-17(20)18(19)15-6-3-2-4-7-15/h2-4,6-7,9-12,17-18,20H,5,8,13H2,1H3/t17-,18-/m1/s1. The average Bonchev–Trinajstić information content (AvgIpc) is 2.56. The number of sulfonamides is 1. The van der Waals surface area contributed by atoms with E-state index in [0.29, 0.717) is 19.4 Å². The molecule has 0 aromatic heterocycles. The molecule has 1 N–H and O–H groups in total. The molecular formula is C18H21NO3S. The molecule has 23 heavy (non-hydrogen) atoms. The fourth-order valence-corrected chi connectivity index (χ4v) is 4.78. The lowest BCUT2D eigenvalue weighted by Gasteiger charge is -2.38. The van der Waals surface area contributed by atoms with Gasteiger partial charge in [-0.25, -0.2) is 8.42 Å². The fourth-order valence-electron chi connectivity index (χ4n) is 3.10. The van der Waals surface area contributed by atoms with Gasteiger partial charge in [0.1, 0.15) is 0 Å². The molecule has 0 saturated carbocycles. The Kier molecular flexibility index (Phi) is 4.53. The van der Waals surface area contributed by atoms with E-state index in [-0.39, 0.29) is 4.90 Å². The van der Waals surface area contributed by atoms with Crippen LogP contribution in [-0.2, 0) is 10.0 Å². The predicted octanol–water partition coefficient (Wildman–Crippen LogP) is 2.88. The van der Waals surface area contributed by atoms with E-state index >= 15 is 0 Å². The summed E-state index contributed by atoms with van der Waals surface area (Å²) in [6.45, 7) is 2.35. The van der Waals surface area contributed by atoms with E-state index in [1.807, 2.05) is 37.3 Å². The van der Waals surface area contributed by atoms with Gasteiger partial charge >= 0.3 is 0 Å². The van der Waals surface area contributed by atoms with Gasteiger partial charge in [-0.15, -0.1) is 0 Å². The third kappa shape index (κ3) is 3.17. The van der Waals surface area contributed by atoms with Crippen LogP contribution < -0.4 is 0 Å². The van der Waals surface area contributed by atoms with Gasteiger partial charge in [-0.3, -0.25) is 0 Å². The number of aliphatic hydroxyl groups excluding tert-OH is 1. The Morgan fingerprint density at radius 2 is 1.70 bits per heavy atom. The molecule has 0 aliphatic carbocycles. The topological polar surface area (TPSA) is 57.6 Å². The summed E-state index contributed by atoms with van der Waals surface area (Å²) in [6.07, 6.45) is 0.584. The number of rotatable bonds is 3. The third-order valence-corrected chi connectivity index (χ3v) is 6.22. The first kappa shape index (κ1) is 16.2. The summed E-state index contributed by atoms with van der Waals surface area (Å²) in [7, 11) is -3.64. The van der Waals surface area contributed by atoms with E-state index in [1.165, 1.54) is 4.31 Å². The number of benzene rings is 2. The van der Waals surface area contributed by atoms with Crippen molar-refractivity contribution >= 4 is 10.0 Å². The van der Waals surface area contributed by atoms with Crippen molar-refractivity contribution < 1.29 is 13.5 Å². The number of aryl methyl sites for hydroxylation is 1. The Labute approximate surface area is 137 Å². The summed E-state index contributed by atoms with van der Waals surface area (Å²) >= 11 is 0. The molecule has 0 unspecified atom stereocenters. The zero-order chi connectivity index (χ0) is 16.4. The second kappa shape index (κ2) is 6.43. The molecular weight excluding hydrogens is 310 g/mol. The quantitative estimate of drug-likeness (QED) is 0.941. The first-order chi connectivity index (χ1) is 11.0. The molecule has 2 aromatic carbocycles. The van der Waals surface area contributed by atoms with Gasteiger partial charge in [-0.05, 0) is 37.5 Å².